The molecular weight excluding hydrogens is 364 g/mol. The normalized spacial score (nSPS) is 16.7. The Morgan fingerprint density at radius 2 is 1.69 bits per heavy atom. The topological polar surface area (TPSA) is 60.1 Å². The van der Waals surface area contributed by atoms with Gasteiger partial charge >= 0.3 is 5.69 Å². The molecule has 6 heteroatoms. The fourth-order valence-electron chi connectivity index (χ4n) is 4.04. The molecule has 2 heterocycles. The van der Waals surface area contributed by atoms with Gasteiger partial charge in [0, 0.05) is 26.1 Å². The summed E-state index contributed by atoms with van der Waals surface area (Å²) in [7, 11) is 1.69. The summed E-state index contributed by atoms with van der Waals surface area (Å²) >= 11 is 0. The average molecular weight is 390 g/mol. The number of amides is 1. The summed E-state index contributed by atoms with van der Waals surface area (Å²) in [5, 5.41) is 4.54. The highest BCUT2D eigenvalue weighted by atomic mass is 16.2. The molecule has 6 nitrogen and oxygen atoms in total. The molecule has 0 spiro atoms. The molecule has 0 saturated carbocycles. The standard InChI is InChI=1S/C23H26N4O2/c1-25-23(29)27(16-19-11-6-3-7-12-19)22(24-25)20-13-8-14-26(17-20)21(28)15-18-9-4-2-5-10-18/h2-7,9-12,20H,8,13-17H2,1H3. The minimum absolute atomic E-state index is 0.0704. The Morgan fingerprint density at radius 3 is 2.38 bits per heavy atom. The lowest BCUT2D eigenvalue weighted by Crippen LogP contribution is -2.40. The van der Waals surface area contributed by atoms with Crippen molar-refractivity contribution < 1.29 is 4.79 Å². The van der Waals surface area contributed by atoms with E-state index in [1.54, 1.807) is 11.6 Å². The van der Waals surface area contributed by atoms with Gasteiger partial charge in [0.25, 0.3) is 0 Å². The summed E-state index contributed by atoms with van der Waals surface area (Å²) in [4.78, 5) is 27.4. The van der Waals surface area contributed by atoms with Gasteiger partial charge < -0.3 is 4.90 Å². The first-order chi connectivity index (χ1) is 14.1. The third-order valence-electron chi connectivity index (χ3n) is 5.56. The maximum absolute atomic E-state index is 12.8. The highest BCUT2D eigenvalue weighted by Gasteiger charge is 2.29. The predicted molar refractivity (Wildman–Crippen MR) is 112 cm³/mol. The predicted octanol–water partition coefficient (Wildman–Crippen LogP) is 2.58. The van der Waals surface area contributed by atoms with E-state index < -0.39 is 0 Å². The molecule has 0 radical (unpaired) electrons. The Labute approximate surface area is 170 Å². The fourth-order valence-corrected chi connectivity index (χ4v) is 4.04. The number of hydrogen-bond acceptors (Lipinski definition) is 3. The van der Waals surface area contributed by atoms with Crippen LogP contribution in [0.3, 0.4) is 0 Å². The number of benzene rings is 2. The van der Waals surface area contributed by atoms with Crippen LogP contribution in [0.5, 0.6) is 0 Å². The number of piperidine rings is 1. The van der Waals surface area contributed by atoms with E-state index in [0.717, 1.165) is 36.3 Å². The van der Waals surface area contributed by atoms with Crippen molar-refractivity contribution >= 4 is 5.91 Å². The van der Waals surface area contributed by atoms with Crippen LogP contribution in [-0.2, 0) is 24.8 Å². The maximum Gasteiger partial charge on any atom is 0.345 e. The van der Waals surface area contributed by atoms with Crippen LogP contribution < -0.4 is 5.69 Å². The van der Waals surface area contributed by atoms with Gasteiger partial charge in [-0.25, -0.2) is 9.48 Å². The lowest BCUT2D eigenvalue weighted by atomic mass is 9.96. The summed E-state index contributed by atoms with van der Waals surface area (Å²) in [6.45, 7) is 1.87. The smallest absolute Gasteiger partial charge is 0.342 e. The monoisotopic (exact) mass is 390 g/mol. The van der Waals surface area contributed by atoms with Crippen molar-refractivity contribution in [1.29, 1.82) is 0 Å². The molecular formula is C23H26N4O2. The first kappa shape index (κ1) is 19.2. The van der Waals surface area contributed by atoms with E-state index >= 15 is 0 Å². The van der Waals surface area contributed by atoms with Crippen LogP contribution >= 0.6 is 0 Å². The van der Waals surface area contributed by atoms with E-state index in [0.29, 0.717) is 19.5 Å². The molecule has 0 N–H and O–H groups in total. The van der Waals surface area contributed by atoms with E-state index in [9.17, 15) is 9.59 Å². The summed E-state index contributed by atoms with van der Waals surface area (Å²) < 4.78 is 3.16. The molecule has 1 aliphatic heterocycles. The molecule has 29 heavy (non-hydrogen) atoms. The van der Waals surface area contributed by atoms with Crippen molar-refractivity contribution in [2.24, 2.45) is 7.05 Å². The lowest BCUT2D eigenvalue weighted by molar-refractivity contribution is -0.131. The molecule has 4 rings (SSSR count). The van der Waals surface area contributed by atoms with E-state index in [1.165, 1.54) is 4.68 Å². The quantitative estimate of drug-likeness (QED) is 0.673. The maximum atomic E-state index is 12.8. The molecule has 1 saturated heterocycles. The number of aromatic nitrogens is 3. The van der Waals surface area contributed by atoms with Crippen molar-refractivity contribution in [3.8, 4) is 0 Å². The van der Waals surface area contributed by atoms with Gasteiger partial charge in [-0.3, -0.25) is 9.36 Å². The van der Waals surface area contributed by atoms with Crippen LogP contribution in [0.4, 0.5) is 0 Å². The number of aryl methyl sites for hydroxylation is 1. The van der Waals surface area contributed by atoms with Gasteiger partial charge in [-0.1, -0.05) is 60.7 Å². The molecule has 150 valence electrons. The number of carbonyl (C=O) groups excluding carboxylic acids is 1. The number of hydrogen-bond donors (Lipinski definition) is 0. The first-order valence-corrected chi connectivity index (χ1v) is 10.1. The highest BCUT2D eigenvalue weighted by Crippen LogP contribution is 2.26. The number of rotatable bonds is 5. The minimum atomic E-state index is -0.114. The Bertz CT molecular complexity index is 1020. The van der Waals surface area contributed by atoms with Crippen molar-refractivity contribution in [2.75, 3.05) is 13.1 Å². The Morgan fingerprint density at radius 1 is 1.03 bits per heavy atom. The fraction of sp³-hybridized carbons (Fsp3) is 0.348. The van der Waals surface area contributed by atoms with Gasteiger partial charge in [0.15, 0.2) is 0 Å². The molecule has 1 unspecified atom stereocenters. The zero-order valence-corrected chi connectivity index (χ0v) is 16.7. The highest BCUT2D eigenvalue weighted by molar-refractivity contribution is 5.78. The molecule has 0 bridgehead atoms. The van der Waals surface area contributed by atoms with Crippen LogP contribution in [0, 0.1) is 0 Å². The summed E-state index contributed by atoms with van der Waals surface area (Å²) in [6, 6.07) is 19.8. The first-order valence-electron chi connectivity index (χ1n) is 10.1. The zero-order valence-electron chi connectivity index (χ0n) is 16.7. The Balaban J connectivity index is 1.53. The van der Waals surface area contributed by atoms with Crippen molar-refractivity contribution in [1.82, 2.24) is 19.2 Å². The Hall–Kier alpha value is -3.15. The molecule has 1 aromatic heterocycles. The van der Waals surface area contributed by atoms with Gasteiger partial charge in [-0.15, -0.1) is 0 Å². The van der Waals surface area contributed by atoms with E-state index in [4.69, 9.17) is 0 Å². The van der Waals surface area contributed by atoms with Crippen molar-refractivity contribution in [3.05, 3.63) is 88.1 Å². The van der Waals surface area contributed by atoms with Crippen LogP contribution in [0.25, 0.3) is 0 Å². The molecule has 3 aromatic rings. The van der Waals surface area contributed by atoms with Crippen LogP contribution in [0.15, 0.2) is 65.5 Å². The number of carbonyl (C=O) groups is 1. The third kappa shape index (κ3) is 4.31. The van der Waals surface area contributed by atoms with Gasteiger partial charge in [0.2, 0.25) is 5.91 Å². The van der Waals surface area contributed by atoms with Gasteiger partial charge in [0.1, 0.15) is 5.82 Å². The van der Waals surface area contributed by atoms with Crippen molar-refractivity contribution in [2.45, 2.75) is 31.7 Å². The van der Waals surface area contributed by atoms with Crippen LogP contribution in [-0.4, -0.2) is 38.2 Å². The second-order valence-corrected chi connectivity index (χ2v) is 7.68. The van der Waals surface area contributed by atoms with Gasteiger partial charge in [-0.05, 0) is 24.0 Å². The second-order valence-electron chi connectivity index (χ2n) is 7.68. The van der Waals surface area contributed by atoms with Crippen LogP contribution in [0.2, 0.25) is 0 Å². The second kappa shape index (κ2) is 8.47. The Kier molecular flexibility index (Phi) is 5.60. The SMILES string of the molecule is Cn1nc(C2CCCN(C(=O)Cc3ccccc3)C2)n(Cc2ccccc2)c1=O. The zero-order chi connectivity index (χ0) is 20.2. The van der Waals surface area contributed by atoms with E-state index in [-0.39, 0.29) is 17.5 Å². The van der Waals surface area contributed by atoms with E-state index in [2.05, 4.69) is 5.10 Å². The third-order valence-corrected chi connectivity index (χ3v) is 5.56. The average Bonchev–Trinajstić information content (AvgIpc) is 3.04. The molecule has 2 aromatic carbocycles. The van der Waals surface area contributed by atoms with E-state index in [1.807, 2.05) is 65.6 Å². The van der Waals surface area contributed by atoms with Crippen LogP contribution in [0.1, 0.15) is 35.7 Å². The number of likely N-dealkylation sites (tertiary alicyclic amines) is 1. The molecule has 1 fully saturated rings. The molecule has 1 atom stereocenters. The lowest BCUT2D eigenvalue weighted by Gasteiger charge is -2.32. The summed E-state index contributed by atoms with van der Waals surface area (Å²) in [5.74, 6) is 0.980. The van der Waals surface area contributed by atoms with Gasteiger partial charge in [0.05, 0.1) is 13.0 Å². The summed E-state index contributed by atoms with van der Waals surface area (Å²) in [6.07, 6.45) is 2.26. The molecule has 0 aliphatic carbocycles. The number of nitrogens with zero attached hydrogens (tertiary/aromatic N) is 4. The largest absolute Gasteiger partial charge is 0.345 e. The van der Waals surface area contributed by atoms with Gasteiger partial charge in [-0.2, -0.15) is 5.10 Å². The van der Waals surface area contributed by atoms with Crippen molar-refractivity contribution in [3.63, 3.8) is 0 Å². The minimum Gasteiger partial charge on any atom is -0.342 e. The molecule has 1 amide bonds. The summed E-state index contributed by atoms with van der Waals surface area (Å²) in [5.41, 5.74) is 1.98. The molecule has 1 aliphatic rings.